The van der Waals surface area contributed by atoms with Crippen LogP contribution < -0.4 is 20.7 Å². The van der Waals surface area contributed by atoms with Crippen LogP contribution in [0, 0.1) is 0 Å². The molecule has 1 amide bonds. The molecule has 154 valence electrons. The average molecular weight is 403 g/mol. The number of rotatable bonds is 6. The summed E-state index contributed by atoms with van der Waals surface area (Å²) in [6, 6.07) is 17.2. The Morgan fingerprint density at radius 2 is 1.97 bits per heavy atom. The summed E-state index contributed by atoms with van der Waals surface area (Å²) < 4.78 is 5.43. The summed E-state index contributed by atoms with van der Waals surface area (Å²) in [5.74, 6) is 1.37. The lowest BCUT2D eigenvalue weighted by Crippen LogP contribution is -2.45. The lowest BCUT2D eigenvalue weighted by atomic mass is 10.1. The second kappa shape index (κ2) is 9.37. The quantitative estimate of drug-likeness (QED) is 0.585. The van der Waals surface area contributed by atoms with Crippen molar-refractivity contribution in [3.63, 3.8) is 0 Å². The monoisotopic (exact) mass is 403 g/mol. The number of piperidine rings is 1. The average Bonchev–Trinajstić information content (AvgIpc) is 2.80. The van der Waals surface area contributed by atoms with Gasteiger partial charge in [0.15, 0.2) is 0 Å². The minimum absolute atomic E-state index is 0.0456. The molecule has 0 radical (unpaired) electrons. The fourth-order valence-corrected chi connectivity index (χ4v) is 3.53. The highest BCUT2D eigenvalue weighted by molar-refractivity contribution is 5.94. The van der Waals surface area contributed by atoms with Gasteiger partial charge >= 0.3 is 0 Å². The van der Waals surface area contributed by atoms with Crippen LogP contribution >= 0.6 is 0 Å². The molecule has 30 heavy (non-hydrogen) atoms. The van der Waals surface area contributed by atoms with Crippen LogP contribution in [0.15, 0.2) is 60.9 Å². The van der Waals surface area contributed by atoms with Gasteiger partial charge in [-0.25, -0.2) is 9.97 Å². The summed E-state index contributed by atoms with van der Waals surface area (Å²) in [6.07, 6.45) is 3.62. The molecule has 7 nitrogen and oxygen atoms in total. The van der Waals surface area contributed by atoms with E-state index in [0.717, 1.165) is 48.6 Å². The molecule has 2 aromatic carbocycles. The van der Waals surface area contributed by atoms with Crippen molar-refractivity contribution in [2.75, 3.05) is 25.5 Å². The van der Waals surface area contributed by atoms with E-state index in [1.807, 2.05) is 54.6 Å². The summed E-state index contributed by atoms with van der Waals surface area (Å²) in [4.78, 5) is 21.1. The van der Waals surface area contributed by atoms with Crippen molar-refractivity contribution in [1.29, 1.82) is 0 Å². The number of nitrogens with one attached hydrogen (secondary N) is 3. The van der Waals surface area contributed by atoms with Crippen molar-refractivity contribution in [1.82, 2.24) is 20.6 Å². The van der Waals surface area contributed by atoms with Gasteiger partial charge in [-0.05, 0) is 55.8 Å². The first-order chi connectivity index (χ1) is 14.7. The normalized spacial score (nSPS) is 16.0. The van der Waals surface area contributed by atoms with Crippen molar-refractivity contribution in [2.24, 2.45) is 0 Å². The first kappa shape index (κ1) is 19.8. The van der Waals surface area contributed by atoms with Crippen molar-refractivity contribution in [2.45, 2.75) is 18.9 Å². The predicted molar refractivity (Wildman–Crippen MR) is 117 cm³/mol. The molecule has 3 aromatic rings. The number of amides is 1. The van der Waals surface area contributed by atoms with E-state index >= 15 is 0 Å². The molecule has 1 unspecified atom stereocenters. The molecule has 1 aromatic heterocycles. The van der Waals surface area contributed by atoms with E-state index in [1.54, 1.807) is 7.11 Å². The van der Waals surface area contributed by atoms with E-state index in [4.69, 9.17) is 4.74 Å². The molecule has 0 aliphatic carbocycles. The molecule has 7 heteroatoms. The van der Waals surface area contributed by atoms with E-state index in [9.17, 15) is 4.79 Å². The molecule has 3 N–H and O–H groups in total. The molecule has 4 rings (SSSR count). The number of hydrogen-bond acceptors (Lipinski definition) is 6. The van der Waals surface area contributed by atoms with Crippen LogP contribution in [-0.4, -0.2) is 42.1 Å². The maximum absolute atomic E-state index is 12.5. The van der Waals surface area contributed by atoms with E-state index < -0.39 is 0 Å². The fraction of sp³-hybridized carbons (Fsp3) is 0.261. The molecule has 1 fully saturated rings. The Balaban J connectivity index is 1.44. The van der Waals surface area contributed by atoms with Gasteiger partial charge in [-0.3, -0.25) is 4.79 Å². The van der Waals surface area contributed by atoms with Gasteiger partial charge in [0.1, 0.15) is 17.9 Å². The van der Waals surface area contributed by atoms with Gasteiger partial charge in [0.25, 0.3) is 5.91 Å². The minimum Gasteiger partial charge on any atom is -0.496 e. The fourth-order valence-electron chi connectivity index (χ4n) is 3.53. The van der Waals surface area contributed by atoms with Crippen molar-refractivity contribution < 1.29 is 9.53 Å². The number of ether oxygens (including phenoxy) is 1. The standard InChI is InChI=1S/C23H25N5O2/c1-30-21-7-3-2-6-19(21)20-13-22(26-15-25-20)27-17-10-8-16(9-11-17)23(29)28-18-5-4-12-24-14-18/h2-3,6-11,13,15,18,24H,4-5,12,14H2,1H3,(H,28,29)(H,25,26,27). The van der Waals surface area contributed by atoms with Crippen molar-refractivity contribution in [3.8, 4) is 17.0 Å². The number of carbonyl (C=O) groups excluding carboxylic acids is 1. The Labute approximate surface area is 175 Å². The summed E-state index contributed by atoms with van der Waals surface area (Å²) >= 11 is 0. The van der Waals surface area contributed by atoms with Gasteiger partial charge in [-0.15, -0.1) is 0 Å². The zero-order chi connectivity index (χ0) is 20.8. The maximum atomic E-state index is 12.5. The molecule has 1 aliphatic rings. The Bertz CT molecular complexity index is 1000. The van der Waals surface area contributed by atoms with Crippen molar-refractivity contribution in [3.05, 3.63) is 66.5 Å². The van der Waals surface area contributed by atoms with Gasteiger partial charge in [0, 0.05) is 35.5 Å². The summed E-state index contributed by atoms with van der Waals surface area (Å²) in [6.45, 7) is 1.85. The molecular formula is C23H25N5O2. The molecule has 0 saturated carbocycles. The Morgan fingerprint density at radius 1 is 1.13 bits per heavy atom. The molecule has 0 bridgehead atoms. The van der Waals surface area contributed by atoms with E-state index in [0.29, 0.717) is 11.4 Å². The number of para-hydroxylation sites is 1. The van der Waals surface area contributed by atoms with Gasteiger partial charge in [0.2, 0.25) is 0 Å². The smallest absolute Gasteiger partial charge is 0.251 e. The summed E-state index contributed by atoms with van der Waals surface area (Å²) in [5.41, 5.74) is 3.15. The Kier molecular flexibility index (Phi) is 6.20. The van der Waals surface area contributed by atoms with Crippen LogP contribution in [0.3, 0.4) is 0 Å². The van der Waals surface area contributed by atoms with Gasteiger partial charge in [-0.1, -0.05) is 12.1 Å². The first-order valence-corrected chi connectivity index (χ1v) is 10.1. The molecule has 1 saturated heterocycles. The summed E-state index contributed by atoms with van der Waals surface area (Å²) in [5, 5.41) is 9.66. The highest BCUT2D eigenvalue weighted by Crippen LogP contribution is 2.29. The number of aromatic nitrogens is 2. The van der Waals surface area contributed by atoms with Gasteiger partial charge < -0.3 is 20.7 Å². The van der Waals surface area contributed by atoms with E-state index in [2.05, 4.69) is 25.9 Å². The zero-order valence-corrected chi connectivity index (χ0v) is 16.9. The van der Waals surface area contributed by atoms with Crippen LogP contribution in [0.4, 0.5) is 11.5 Å². The second-order valence-corrected chi connectivity index (χ2v) is 7.21. The lowest BCUT2D eigenvalue weighted by molar-refractivity contribution is 0.0930. The van der Waals surface area contributed by atoms with E-state index in [1.165, 1.54) is 6.33 Å². The predicted octanol–water partition coefficient (Wildman–Crippen LogP) is 3.38. The highest BCUT2D eigenvalue weighted by Gasteiger charge is 2.16. The number of nitrogens with zero attached hydrogens (tertiary/aromatic N) is 2. The summed E-state index contributed by atoms with van der Waals surface area (Å²) in [7, 11) is 1.64. The largest absolute Gasteiger partial charge is 0.496 e. The molecule has 1 atom stereocenters. The van der Waals surface area contributed by atoms with Crippen LogP contribution in [-0.2, 0) is 0 Å². The van der Waals surface area contributed by atoms with Crippen LogP contribution in [0.2, 0.25) is 0 Å². The number of anilines is 2. The Morgan fingerprint density at radius 3 is 2.73 bits per heavy atom. The molecule has 0 spiro atoms. The Hall–Kier alpha value is -3.45. The maximum Gasteiger partial charge on any atom is 0.251 e. The number of benzene rings is 2. The third-order valence-corrected chi connectivity index (χ3v) is 5.10. The van der Waals surface area contributed by atoms with Crippen LogP contribution in [0.1, 0.15) is 23.2 Å². The third kappa shape index (κ3) is 4.75. The van der Waals surface area contributed by atoms with Crippen LogP contribution in [0.25, 0.3) is 11.3 Å². The second-order valence-electron chi connectivity index (χ2n) is 7.21. The molecular weight excluding hydrogens is 378 g/mol. The van der Waals surface area contributed by atoms with Gasteiger partial charge in [-0.2, -0.15) is 0 Å². The van der Waals surface area contributed by atoms with Crippen LogP contribution in [0.5, 0.6) is 5.75 Å². The number of methoxy groups -OCH3 is 1. The minimum atomic E-state index is -0.0456. The third-order valence-electron chi connectivity index (χ3n) is 5.10. The zero-order valence-electron chi connectivity index (χ0n) is 16.9. The van der Waals surface area contributed by atoms with Crippen molar-refractivity contribution >= 4 is 17.4 Å². The molecule has 1 aliphatic heterocycles. The highest BCUT2D eigenvalue weighted by atomic mass is 16.5. The topological polar surface area (TPSA) is 88.2 Å². The lowest BCUT2D eigenvalue weighted by Gasteiger charge is -2.23. The number of hydrogen-bond donors (Lipinski definition) is 3. The van der Waals surface area contributed by atoms with E-state index in [-0.39, 0.29) is 11.9 Å². The SMILES string of the molecule is COc1ccccc1-c1cc(Nc2ccc(C(=O)NC3CCCNC3)cc2)ncn1. The van der Waals surface area contributed by atoms with Gasteiger partial charge in [0.05, 0.1) is 12.8 Å². The number of carbonyl (C=O) groups is 1. The molecule has 2 heterocycles. The first-order valence-electron chi connectivity index (χ1n) is 10.1.